The Hall–Kier alpha value is -1.28. The molecule has 1 aromatic carbocycles. The van der Waals surface area contributed by atoms with E-state index in [9.17, 15) is 4.79 Å². The van der Waals surface area contributed by atoms with Gasteiger partial charge in [0, 0.05) is 24.7 Å². The molecule has 0 spiro atoms. The van der Waals surface area contributed by atoms with Crippen molar-refractivity contribution in [1.29, 1.82) is 0 Å². The molecular weight excluding hydrogens is 210 g/mol. The van der Waals surface area contributed by atoms with Crippen LogP contribution in [0.15, 0.2) is 30.3 Å². The second-order valence-corrected chi connectivity index (χ2v) is 3.67. The summed E-state index contributed by atoms with van der Waals surface area (Å²) in [7, 11) is 1.77. The highest BCUT2D eigenvalue weighted by Gasteiger charge is 2.00. The number of likely N-dealkylation sites (N-methyl/N-ethyl adjacent to an activating group) is 1. The normalized spacial score (nSPS) is 10.6. The number of nitrogens with zero attached hydrogens (tertiary/aromatic N) is 1. The van der Waals surface area contributed by atoms with Crippen LogP contribution >= 0.6 is 11.6 Å². The second kappa shape index (κ2) is 5.56. The fourth-order valence-electron chi connectivity index (χ4n) is 1.02. The van der Waals surface area contributed by atoms with Crippen LogP contribution < -0.4 is 0 Å². The Morgan fingerprint density at radius 1 is 1.40 bits per heavy atom. The molecule has 0 aliphatic rings. The van der Waals surface area contributed by atoms with Crippen molar-refractivity contribution in [3.8, 4) is 0 Å². The number of benzene rings is 1. The third-order valence-electron chi connectivity index (χ3n) is 2.14. The lowest BCUT2D eigenvalue weighted by molar-refractivity contribution is -0.124. The van der Waals surface area contributed by atoms with Crippen LogP contribution in [0.1, 0.15) is 12.5 Å². The first-order chi connectivity index (χ1) is 7.13. The van der Waals surface area contributed by atoms with Gasteiger partial charge in [0.15, 0.2) is 0 Å². The number of amides is 1. The topological polar surface area (TPSA) is 20.3 Å². The Kier molecular flexibility index (Phi) is 4.37. The van der Waals surface area contributed by atoms with Crippen LogP contribution in [0.3, 0.4) is 0 Å². The van der Waals surface area contributed by atoms with Gasteiger partial charge < -0.3 is 4.90 Å². The van der Waals surface area contributed by atoms with Gasteiger partial charge in [-0.3, -0.25) is 4.79 Å². The summed E-state index contributed by atoms with van der Waals surface area (Å²) in [6.07, 6.45) is 3.34. The number of rotatable bonds is 3. The molecule has 0 saturated carbocycles. The maximum atomic E-state index is 11.4. The number of carbonyl (C=O) groups excluding carboxylic acids is 1. The minimum atomic E-state index is 0.00690. The zero-order chi connectivity index (χ0) is 11.3. The van der Waals surface area contributed by atoms with Gasteiger partial charge >= 0.3 is 0 Å². The summed E-state index contributed by atoms with van der Waals surface area (Å²) in [6, 6.07) is 7.35. The van der Waals surface area contributed by atoms with E-state index in [0.29, 0.717) is 11.6 Å². The van der Waals surface area contributed by atoms with Crippen LogP contribution in [0.5, 0.6) is 0 Å². The quantitative estimate of drug-likeness (QED) is 0.722. The Labute approximate surface area is 95.2 Å². The molecule has 0 atom stereocenters. The first-order valence-electron chi connectivity index (χ1n) is 4.82. The highest BCUT2D eigenvalue weighted by atomic mass is 35.5. The number of halogens is 1. The predicted octanol–water partition coefficient (Wildman–Crippen LogP) is 2.83. The molecule has 1 amide bonds. The Morgan fingerprint density at radius 3 is 2.53 bits per heavy atom. The molecule has 0 aromatic heterocycles. The molecule has 15 heavy (non-hydrogen) atoms. The molecule has 3 heteroatoms. The second-order valence-electron chi connectivity index (χ2n) is 3.24. The van der Waals surface area contributed by atoms with Crippen molar-refractivity contribution in [2.24, 2.45) is 0 Å². The molecule has 0 saturated heterocycles. The van der Waals surface area contributed by atoms with E-state index in [2.05, 4.69) is 0 Å². The van der Waals surface area contributed by atoms with Crippen molar-refractivity contribution in [2.45, 2.75) is 6.92 Å². The van der Waals surface area contributed by atoms with Crippen LogP contribution in [0.4, 0.5) is 0 Å². The largest absolute Gasteiger partial charge is 0.343 e. The summed E-state index contributed by atoms with van der Waals surface area (Å²) in [5, 5.41) is 0.698. The minimum Gasteiger partial charge on any atom is -0.343 e. The molecule has 0 aliphatic heterocycles. The number of carbonyl (C=O) groups is 1. The van der Waals surface area contributed by atoms with Crippen molar-refractivity contribution in [2.75, 3.05) is 13.6 Å². The Bertz CT molecular complexity index is 356. The minimum absolute atomic E-state index is 0.00690. The molecule has 2 nitrogen and oxygen atoms in total. The van der Waals surface area contributed by atoms with E-state index in [4.69, 9.17) is 11.6 Å². The van der Waals surface area contributed by atoms with E-state index in [1.807, 2.05) is 19.1 Å². The summed E-state index contributed by atoms with van der Waals surface area (Å²) < 4.78 is 0. The molecule has 0 aliphatic carbocycles. The standard InChI is InChI=1S/C12H14ClNO/c1-3-14(2)12(15)9-6-10-4-7-11(13)8-5-10/h4-9H,3H2,1-2H3/b9-6+. The van der Waals surface area contributed by atoms with Gasteiger partial charge in [-0.1, -0.05) is 23.7 Å². The van der Waals surface area contributed by atoms with E-state index in [0.717, 1.165) is 5.56 Å². The van der Waals surface area contributed by atoms with Crippen molar-refractivity contribution < 1.29 is 4.79 Å². The van der Waals surface area contributed by atoms with Crippen LogP contribution in [-0.2, 0) is 4.79 Å². The highest BCUT2D eigenvalue weighted by Crippen LogP contribution is 2.10. The van der Waals surface area contributed by atoms with Gasteiger partial charge in [0.1, 0.15) is 0 Å². The molecule has 0 radical (unpaired) electrons. The van der Waals surface area contributed by atoms with Gasteiger partial charge in [0.25, 0.3) is 0 Å². The van der Waals surface area contributed by atoms with Crippen LogP contribution in [-0.4, -0.2) is 24.4 Å². The fraction of sp³-hybridized carbons (Fsp3) is 0.250. The molecular formula is C12H14ClNO. The van der Waals surface area contributed by atoms with Crippen molar-refractivity contribution in [1.82, 2.24) is 4.90 Å². The van der Waals surface area contributed by atoms with Crippen LogP contribution in [0.25, 0.3) is 6.08 Å². The average Bonchev–Trinajstić information content (AvgIpc) is 2.26. The van der Waals surface area contributed by atoms with E-state index in [-0.39, 0.29) is 5.91 Å². The summed E-state index contributed by atoms with van der Waals surface area (Å²) >= 11 is 5.75. The average molecular weight is 224 g/mol. The lowest BCUT2D eigenvalue weighted by Crippen LogP contribution is -2.23. The molecule has 0 N–H and O–H groups in total. The number of hydrogen-bond donors (Lipinski definition) is 0. The van der Waals surface area contributed by atoms with Crippen molar-refractivity contribution in [3.63, 3.8) is 0 Å². The highest BCUT2D eigenvalue weighted by molar-refractivity contribution is 6.30. The lowest BCUT2D eigenvalue weighted by Gasteiger charge is -2.10. The van der Waals surface area contributed by atoms with Gasteiger partial charge in [-0.2, -0.15) is 0 Å². The van der Waals surface area contributed by atoms with E-state index >= 15 is 0 Å². The SMILES string of the molecule is CCN(C)C(=O)/C=C/c1ccc(Cl)cc1. The first kappa shape index (κ1) is 11.8. The Morgan fingerprint density at radius 2 is 2.00 bits per heavy atom. The maximum absolute atomic E-state index is 11.4. The summed E-state index contributed by atoms with van der Waals surface area (Å²) in [4.78, 5) is 13.1. The van der Waals surface area contributed by atoms with Crippen LogP contribution in [0, 0.1) is 0 Å². The molecule has 80 valence electrons. The molecule has 1 aromatic rings. The lowest BCUT2D eigenvalue weighted by atomic mass is 10.2. The Balaban J connectivity index is 2.65. The van der Waals surface area contributed by atoms with E-state index in [1.165, 1.54) is 0 Å². The summed E-state index contributed by atoms with van der Waals surface area (Å²) in [6.45, 7) is 2.65. The fourth-order valence-corrected chi connectivity index (χ4v) is 1.15. The maximum Gasteiger partial charge on any atom is 0.246 e. The van der Waals surface area contributed by atoms with Gasteiger partial charge in [-0.25, -0.2) is 0 Å². The monoisotopic (exact) mass is 223 g/mol. The predicted molar refractivity (Wildman–Crippen MR) is 63.8 cm³/mol. The van der Waals surface area contributed by atoms with E-state index in [1.54, 1.807) is 36.2 Å². The van der Waals surface area contributed by atoms with Gasteiger partial charge in [0.05, 0.1) is 0 Å². The summed E-state index contributed by atoms with van der Waals surface area (Å²) in [5.74, 6) is 0.00690. The van der Waals surface area contributed by atoms with Crippen molar-refractivity contribution >= 4 is 23.6 Å². The zero-order valence-corrected chi connectivity index (χ0v) is 9.66. The van der Waals surface area contributed by atoms with Gasteiger partial charge in [-0.15, -0.1) is 0 Å². The molecule has 0 fully saturated rings. The first-order valence-corrected chi connectivity index (χ1v) is 5.20. The number of hydrogen-bond acceptors (Lipinski definition) is 1. The van der Waals surface area contributed by atoms with Gasteiger partial charge in [0.2, 0.25) is 5.91 Å². The molecule has 1 rings (SSSR count). The third kappa shape index (κ3) is 3.76. The molecule has 0 heterocycles. The van der Waals surface area contributed by atoms with Crippen molar-refractivity contribution in [3.05, 3.63) is 40.9 Å². The van der Waals surface area contributed by atoms with Gasteiger partial charge in [-0.05, 0) is 30.7 Å². The smallest absolute Gasteiger partial charge is 0.246 e. The molecule has 0 bridgehead atoms. The van der Waals surface area contributed by atoms with E-state index < -0.39 is 0 Å². The summed E-state index contributed by atoms with van der Waals surface area (Å²) in [5.41, 5.74) is 0.970. The molecule has 0 unspecified atom stereocenters. The van der Waals surface area contributed by atoms with Crippen LogP contribution in [0.2, 0.25) is 5.02 Å². The third-order valence-corrected chi connectivity index (χ3v) is 2.39. The zero-order valence-electron chi connectivity index (χ0n) is 8.90.